The van der Waals surface area contributed by atoms with Crippen molar-refractivity contribution >= 4 is 17.4 Å². The molecule has 0 spiro atoms. The van der Waals surface area contributed by atoms with Gasteiger partial charge in [0.15, 0.2) is 0 Å². The van der Waals surface area contributed by atoms with E-state index in [1.165, 1.54) is 6.33 Å². The number of benzene rings is 2. The van der Waals surface area contributed by atoms with Crippen LogP contribution in [0.1, 0.15) is 34.1 Å². The molecule has 2 aromatic carbocycles. The molecule has 0 atom stereocenters. The number of nitrogens with one attached hydrogen (secondary N) is 2. The maximum absolute atomic E-state index is 12.7. The van der Waals surface area contributed by atoms with E-state index in [-0.39, 0.29) is 5.91 Å². The summed E-state index contributed by atoms with van der Waals surface area (Å²) < 4.78 is 5.16. The average molecular weight is 376 g/mol. The van der Waals surface area contributed by atoms with Crippen molar-refractivity contribution in [2.45, 2.75) is 26.8 Å². The van der Waals surface area contributed by atoms with Crippen LogP contribution in [0.15, 0.2) is 54.9 Å². The van der Waals surface area contributed by atoms with Gasteiger partial charge in [0.05, 0.1) is 7.11 Å². The minimum Gasteiger partial charge on any atom is -0.497 e. The van der Waals surface area contributed by atoms with E-state index in [2.05, 4.69) is 27.5 Å². The first-order valence-corrected chi connectivity index (χ1v) is 9.19. The Bertz CT molecular complexity index is 955. The van der Waals surface area contributed by atoms with Gasteiger partial charge in [-0.15, -0.1) is 0 Å². The monoisotopic (exact) mass is 376 g/mol. The van der Waals surface area contributed by atoms with Crippen molar-refractivity contribution in [3.8, 4) is 5.75 Å². The molecule has 2 N–H and O–H groups in total. The zero-order valence-electron chi connectivity index (χ0n) is 16.3. The van der Waals surface area contributed by atoms with Crippen LogP contribution in [-0.4, -0.2) is 23.0 Å². The number of ether oxygens (including phenoxy) is 1. The van der Waals surface area contributed by atoms with E-state index < -0.39 is 0 Å². The molecule has 0 unspecified atom stereocenters. The lowest BCUT2D eigenvalue weighted by atomic mass is 10.1. The van der Waals surface area contributed by atoms with Crippen LogP contribution in [0, 0.1) is 6.92 Å². The summed E-state index contributed by atoms with van der Waals surface area (Å²) >= 11 is 0. The van der Waals surface area contributed by atoms with Gasteiger partial charge in [-0.25, -0.2) is 9.97 Å². The fourth-order valence-corrected chi connectivity index (χ4v) is 2.89. The molecule has 1 amide bonds. The lowest BCUT2D eigenvalue weighted by Crippen LogP contribution is -2.16. The summed E-state index contributed by atoms with van der Waals surface area (Å²) in [5.74, 6) is 1.16. The summed E-state index contributed by atoms with van der Waals surface area (Å²) in [7, 11) is 1.64. The number of carbonyl (C=O) groups excluding carboxylic acids is 1. The standard InChI is InChI=1S/C22H24N4O2/c1-4-17-7-5-6-15(2)21(17)26-22(27)19-12-20(25-14-24-19)23-13-16-8-10-18(28-3)11-9-16/h5-12,14H,4,13H2,1-3H3,(H,26,27)(H,23,24,25). The molecule has 0 radical (unpaired) electrons. The normalized spacial score (nSPS) is 10.4. The minimum atomic E-state index is -0.251. The van der Waals surface area contributed by atoms with Crippen LogP contribution < -0.4 is 15.4 Å². The molecule has 0 aliphatic carbocycles. The molecule has 144 valence electrons. The Kier molecular flexibility index (Phi) is 6.22. The number of carbonyl (C=O) groups is 1. The summed E-state index contributed by atoms with van der Waals surface area (Å²) in [4.78, 5) is 21.0. The third-order valence-electron chi connectivity index (χ3n) is 4.51. The summed E-state index contributed by atoms with van der Waals surface area (Å²) in [6.07, 6.45) is 2.24. The third kappa shape index (κ3) is 4.65. The molecule has 28 heavy (non-hydrogen) atoms. The largest absolute Gasteiger partial charge is 0.497 e. The lowest BCUT2D eigenvalue weighted by Gasteiger charge is -2.13. The van der Waals surface area contributed by atoms with Gasteiger partial charge in [-0.1, -0.05) is 37.3 Å². The first kappa shape index (κ1) is 19.4. The Morgan fingerprint density at radius 3 is 2.61 bits per heavy atom. The number of aromatic nitrogens is 2. The first-order chi connectivity index (χ1) is 13.6. The van der Waals surface area contributed by atoms with Crippen LogP contribution >= 0.6 is 0 Å². The smallest absolute Gasteiger partial charge is 0.274 e. The van der Waals surface area contributed by atoms with Crippen molar-refractivity contribution in [3.63, 3.8) is 0 Å². The van der Waals surface area contributed by atoms with Gasteiger partial charge < -0.3 is 15.4 Å². The minimum absolute atomic E-state index is 0.251. The SMILES string of the molecule is CCc1cccc(C)c1NC(=O)c1cc(NCc2ccc(OC)cc2)ncn1. The van der Waals surface area contributed by atoms with Crippen molar-refractivity contribution in [1.82, 2.24) is 9.97 Å². The molecule has 1 heterocycles. The van der Waals surface area contributed by atoms with Crippen LogP contribution in [0.5, 0.6) is 5.75 Å². The summed E-state index contributed by atoms with van der Waals surface area (Å²) in [6.45, 7) is 4.63. The number of hydrogen-bond donors (Lipinski definition) is 2. The molecule has 6 nitrogen and oxygen atoms in total. The van der Waals surface area contributed by atoms with E-state index in [1.807, 2.05) is 49.4 Å². The topological polar surface area (TPSA) is 76.1 Å². The predicted molar refractivity (Wildman–Crippen MR) is 111 cm³/mol. The van der Waals surface area contributed by atoms with E-state index in [0.717, 1.165) is 34.5 Å². The second kappa shape index (κ2) is 8.99. The van der Waals surface area contributed by atoms with Gasteiger partial charge in [-0.05, 0) is 42.2 Å². The highest BCUT2D eigenvalue weighted by Crippen LogP contribution is 2.22. The van der Waals surface area contributed by atoms with Crippen LogP contribution in [0.4, 0.5) is 11.5 Å². The fraction of sp³-hybridized carbons (Fsp3) is 0.227. The van der Waals surface area contributed by atoms with Crippen LogP contribution in [-0.2, 0) is 13.0 Å². The fourth-order valence-electron chi connectivity index (χ4n) is 2.89. The molecule has 0 aliphatic rings. The van der Waals surface area contributed by atoms with Crippen LogP contribution in [0.2, 0.25) is 0 Å². The van der Waals surface area contributed by atoms with E-state index in [9.17, 15) is 4.79 Å². The number of anilines is 2. The molecule has 3 aromatic rings. The molecule has 0 fully saturated rings. The molecule has 3 rings (SSSR count). The Morgan fingerprint density at radius 2 is 1.89 bits per heavy atom. The molecule has 1 aromatic heterocycles. The lowest BCUT2D eigenvalue weighted by molar-refractivity contribution is 0.102. The summed E-state index contributed by atoms with van der Waals surface area (Å²) in [5, 5.41) is 6.21. The van der Waals surface area contributed by atoms with Gasteiger partial charge >= 0.3 is 0 Å². The van der Waals surface area contributed by atoms with Gasteiger partial charge in [-0.3, -0.25) is 4.79 Å². The Balaban J connectivity index is 1.69. The first-order valence-electron chi connectivity index (χ1n) is 9.19. The van der Waals surface area contributed by atoms with Crippen molar-refractivity contribution in [3.05, 3.63) is 77.2 Å². The number of hydrogen-bond acceptors (Lipinski definition) is 5. The summed E-state index contributed by atoms with van der Waals surface area (Å²) in [6, 6.07) is 15.4. The summed E-state index contributed by atoms with van der Waals surface area (Å²) in [5.41, 5.74) is 4.37. The van der Waals surface area contributed by atoms with Crippen molar-refractivity contribution in [2.24, 2.45) is 0 Å². The zero-order valence-corrected chi connectivity index (χ0v) is 16.3. The Labute approximate surface area is 165 Å². The van der Waals surface area contributed by atoms with Gasteiger partial charge in [0.2, 0.25) is 0 Å². The third-order valence-corrected chi connectivity index (χ3v) is 4.51. The van der Waals surface area contributed by atoms with Gasteiger partial charge in [0.1, 0.15) is 23.6 Å². The van der Waals surface area contributed by atoms with Crippen molar-refractivity contribution < 1.29 is 9.53 Å². The van der Waals surface area contributed by atoms with Crippen LogP contribution in [0.3, 0.4) is 0 Å². The Morgan fingerprint density at radius 1 is 1.11 bits per heavy atom. The number of aryl methyl sites for hydroxylation is 2. The highest BCUT2D eigenvalue weighted by molar-refractivity contribution is 6.04. The molecular formula is C22H24N4O2. The second-order valence-electron chi connectivity index (χ2n) is 6.41. The second-order valence-corrected chi connectivity index (χ2v) is 6.41. The van der Waals surface area contributed by atoms with E-state index >= 15 is 0 Å². The van der Waals surface area contributed by atoms with Gasteiger partial charge in [0.25, 0.3) is 5.91 Å². The number of methoxy groups -OCH3 is 1. The predicted octanol–water partition coefficient (Wildman–Crippen LogP) is 4.22. The molecular weight excluding hydrogens is 352 g/mol. The maximum Gasteiger partial charge on any atom is 0.274 e. The maximum atomic E-state index is 12.7. The Hall–Kier alpha value is -3.41. The zero-order chi connectivity index (χ0) is 19.9. The van der Waals surface area contributed by atoms with Crippen molar-refractivity contribution in [2.75, 3.05) is 17.7 Å². The van der Waals surface area contributed by atoms with Crippen molar-refractivity contribution in [1.29, 1.82) is 0 Å². The molecule has 0 aliphatic heterocycles. The van der Waals surface area contributed by atoms with Crippen LogP contribution in [0.25, 0.3) is 0 Å². The molecule has 0 bridgehead atoms. The molecule has 0 saturated heterocycles. The number of nitrogens with zero attached hydrogens (tertiary/aromatic N) is 2. The number of para-hydroxylation sites is 1. The molecule has 6 heteroatoms. The highest BCUT2D eigenvalue weighted by atomic mass is 16.5. The van der Waals surface area contributed by atoms with E-state index in [4.69, 9.17) is 4.74 Å². The average Bonchev–Trinajstić information content (AvgIpc) is 2.74. The van der Waals surface area contributed by atoms with E-state index in [1.54, 1.807) is 13.2 Å². The molecule has 0 saturated carbocycles. The van der Waals surface area contributed by atoms with E-state index in [0.29, 0.717) is 18.1 Å². The quantitative estimate of drug-likeness (QED) is 0.646. The number of amides is 1. The highest BCUT2D eigenvalue weighted by Gasteiger charge is 2.13. The number of rotatable bonds is 7. The van der Waals surface area contributed by atoms with Gasteiger partial charge in [0, 0.05) is 18.3 Å². The van der Waals surface area contributed by atoms with Gasteiger partial charge in [-0.2, -0.15) is 0 Å².